The van der Waals surface area contributed by atoms with Crippen molar-refractivity contribution >= 4 is 0 Å². The number of nitrogens with zero attached hydrogens (tertiary/aromatic N) is 3. The zero-order valence-corrected chi connectivity index (χ0v) is 9.07. The van der Waals surface area contributed by atoms with Crippen molar-refractivity contribution in [2.24, 2.45) is 0 Å². The molecule has 0 aromatic carbocycles. The summed E-state index contributed by atoms with van der Waals surface area (Å²) < 4.78 is 25.9. The monoisotopic (exact) mass is 230 g/mol. The van der Waals surface area contributed by atoms with Crippen LogP contribution >= 0.6 is 0 Å². The second-order valence-corrected chi connectivity index (χ2v) is 3.92. The van der Waals surface area contributed by atoms with Crippen molar-refractivity contribution in [3.63, 3.8) is 0 Å². The van der Waals surface area contributed by atoms with E-state index < -0.39 is 6.43 Å². The number of piperazine rings is 1. The maximum absolute atomic E-state index is 12.3. The first-order valence-electron chi connectivity index (χ1n) is 5.47. The van der Waals surface area contributed by atoms with Crippen molar-refractivity contribution in [3.8, 4) is 0 Å². The average molecular weight is 230 g/mol. The topological polar surface area (TPSA) is 33.1 Å². The lowest BCUT2D eigenvalue weighted by Crippen LogP contribution is -2.43. The molecule has 0 unspecified atom stereocenters. The van der Waals surface area contributed by atoms with Gasteiger partial charge in [0.15, 0.2) is 0 Å². The Balaban J connectivity index is 1.94. The van der Waals surface area contributed by atoms with Crippen LogP contribution in [-0.4, -0.2) is 47.3 Å². The first-order chi connectivity index (χ1) is 7.75. The smallest absolute Gasteiger partial charge is 0.257 e. The van der Waals surface area contributed by atoms with Crippen LogP contribution < -0.4 is 5.32 Å². The van der Waals surface area contributed by atoms with Crippen molar-refractivity contribution in [1.29, 1.82) is 0 Å². The van der Waals surface area contributed by atoms with E-state index in [9.17, 15) is 8.78 Å². The van der Waals surface area contributed by atoms with E-state index in [1.807, 2.05) is 6.07 Å². The van der Waals surface area contributed by atoms with Gasteiger partial charge in [0.05, 0.1) is 5.69 Å². The van der Waals surface area contributed by atoms with Crippen molar-refractivity contribution in [3.05, 3.63) is 18.0 Å². The van der Waals surface area contributed by atoms with Crippen LogP contribution in [0.3, 0.4) is 0 Å². The molecule has 1 aromatic rings. The molecular formula is C10H16F2N4. The molecule has 1 aromatic heterocycles. The molecule has 0 amide bonds. The van der Waals surface area contributed by atoms with Gasteiger partial charge in [0.2, 0.25) is 0 Å². The van der Waals surface area contributed by atoms with Crippen LogP contribution in [0.25, 0.3) is 0 Å². The van der Waals surface area contributed by atoms with Crippen LogP contribution in [0.15, 0.2) is 12.3 Å². The molecule has 0 spiro atoms. The Hall–Kier alpha value is -1.01. The molecule has 0 atom stereocenters. The van der Waals surface area contributed by atoms with Crippen LogP contribution in [0.4, 0.5) is 8.78 Å². The minimum absolute atomic E-state index is 0.311. The van der Waals surface area contributed by atoms with E-state index in [1.54, 1.807) is 6.20 Å². The van der Waals surface area contributed by atoms with Gasteiger partial charge in [-0.15, -0.1) is 0 Å². The third-order valence-electron chi connectivity index (χ3n) is 2.71. The maximum Gasteiger partial charge on any atom is 0.257 e. The number of nitrogens with one attached hydrogen (secondary N) is 1. The molecule has 2 heterocycles. The van der Waals surface area contributed by atoms with Gasteiger partial charge in [-0.05, 0) is 6.07 Å². The van der Waals surface area contributed by atoms with Crippen molar-refractivity contribution in [1.82, 2.24) is 20.0 Å². The highest BCUT2D eigenvalue weighted by molar-refractivity contribution is 5.00. The normalized spacial score (nSPS) is 18.2. The third kappa shape index (κ3) is 2.99. The summed E-state index contributed by atoms with van der Waals surface area (Å²) in [7, 11) is 0. The predicted molar refractivity (Wildman–Crippen MR) is 56.4 cm³/mol. The van der Waals surface area contributed by atoms with Crippen LogP contribution in [0, 0.1) is 0 Å². The van der Waals surface area contributed by atoms with Gasteiger partial charge >= 0.3 is 0 Å². The molecule has 1 N–H and O–H groups in total. The summed E-state index contributed by atoms with van der Waals surface area (Å²) in [6, 6.07) is 1.81. The molecule has 16 heavy (non-hydrogen) atoms. The maximum atomic E-state index is 12.3. The minimum Gasteiger partial charge on any atom is -0.314 e. The fourth-order valence-corrected chi connectivity index (χ4v) is 1.89. The van der Waals surface area contributed by atoms with Crippen molar-refractivity contribution in [2.45, 2.75) is 19.5 Å². The standard InChI is InChI=1S/C10H16F2N4/c11-10(12)8-16-9(1-2-14-16)7-15-5-3-13-4-6-15/h1-2,10,13H,3-8H2. The number of halogens is 2. The van der Waals surface area contributed by atoms with Crippen LogP contribution in [0.5, 0.6) is 0 Å². The van der Waals surface area contributed by atoms with Gasteiger partial charge in [-0.2, -0.15) is 5.10 Å². The third-order valence-corrected chi connectivity index (χ3v) is 2.71. The van der Waals surface area contributed by atoms with Gasteiger partial charge in [-0.3, -0.25) is 9.58 Å². The van der Waals surface area contributed by atoms with Gasteiger partial charge in [-0.1, -0.05) is 0 Å². The lowest BCUT2D eigenvalue weighted by atomic mass is 10.3. The lowest BCUT2D eigenvalue weighted by molar-refractivity contribution is 0.118. The summed E-state index contributed by atoms with van der Waals surface area (Å²) in [4.78, 5) is 2.25. The highest BCUT2D eigenvalue weighted by atomic mass is 19.3. The molecule has 1 saturated heterocycles. The molecule has 1 fully saturated rings. The van der Waals surface area contributed by atoms with E-state index in [-0.39, 0.29) is 6.54 Å². The number of alkyl halides is 2. The fourth-order valence-electron chi connectivity index (χ4n) is 1.89. The van der Waals surface area contributed by atoms with Crippen LogP contribution in [0.1, 0.15) is 5.69 Å². The van der Waals surface area contributed by atoms with E-state index in [1.165, 1.54) is 4.68 Å². The Morgan fingerprint density at radius 3 is 2.81 bits per heavy atom. The molecule has 6 heteroatoms. The summed E-state index contributed by atoms with van der Waals surface area (Å²) in [5, 5.41) is 7.17. The number of aromatic nitrogens is 2. The first-order valence-corrected chi connectivity index (χ1v) is 5.47. The summed E-state index contributed by atoms with van der Waals surface area (Å²) in [5.74, 6) is 0. The Labute approximate surface area is 93.2 Å². The Morgan fingerprint density at radius 1 is 1.38 bits per heavy atom. The summed E-state index contributed by atoms with van der Waals surface area (Å²) >= 11 is 0. The predicted octanol–water partition coefficient (Wildman–Crippen LogP) is 0.553. The van der Waals surface area contributed by atoms with Crippen LogP contribution in [0.2, 0.25) is 0 Å². The summed E-state index contributed by atoms with van der Waals surface area (Å²) in [6.07, 6.45) is -0.762. The quantitative estimate of drug-likeness (QED) is 0.820. The SMILES string of the molecule is FC(F)Cn1nccc1CN1CCNCC1. The van der Waals surface area contributed by atoms with Gasteiger partial charge < -0.3 is 5.32 Å². The summed E-state index contributed by atoms with van der Waals surface area (Å²) in [6.45, 7) is 4.23. The van der Waals surface area contributed by atoms with Crippen molar-refractivity contribution < 1.29 is 8.78 Å². The van der Waals surface area contributed by atoms with Gasteiger partial charge in [0, 0.05) is 38.9 Å². The molecular weight excluding hydrogens is 214 g/mol. The molecule has 1 aliphatic rings. The molecule has 0 radical (unpaired) electrons. The number of rotatable bonds is 4. The largest absolute Gasteiger partial charge is 0.314 e. The van der Waals surface area contributed by atoms with Crippen molar-refractivity contribution in [2.75, 3.05) is 26.2 Å². The second-order valence-electron chi connectivity index (χ2n) is 3.92. The number of hydrogen-bond acceptors (Lipinski definition) is 3. The highest BCUT2D eigenvalue weighted by Gasteiger charge is 2.14. The van der Waals surface area contributed by atoms with E-state index in [2.05, 4.69) is 15.3 Å². The molecule has 4 nitrogen and oxygen atoms in total. The lowest BCUT2D eigenvalue weighted by Gasteiger charge is -2.27. The molecule has 2 rings (SSSR count). The molecule has 0 bridgehead atoms. The molecule has 0 aliphatic carbocycles. The zero-order valence-electron chi connectivity index (χ0n) is 9.07. The van der Waals surface area contributed by atoms with E-state index in [4.69, 9.17) is 0 Å². The molecule has 0 saturated carbocycles. The molecule has 90 valence electrons. The summed E-state index contributed by atoms with van der Waals surface area (Å²) in [5.41, 5.74) is 0.863. The minimum atomic E-state index is -2.35. The Morgan fingerprint density at radius 2 is 2.12 bits per heavy atom. The molecule has 1 aliphatic heterocycles. The van der Waals surface area contributed by atoms with E-state index >= 15 is 0 Å². The highest BCUT2D eigenvalue weighted by Crippen LogP contribution is 2.07. The van der Waals surface area contributed by atoms with Gasteiger partial charge in [0.1, 0.15) is 6.54 Å². The van der Waals surface area contributed by atoms with Gasteiger partial charge in [-0.25, -0.2) is 8.78 Å². The fraction of sp³-hybridized carbons (Fsp3) is 0.700. The number of hydrogen-bond donors (Lipinski definition) is 1. The van der Waals surface area contributed by atoms with Crippen LogP contribution in [-0.2, 0) is 13.1 Å². The Kier molecular flexibility index (Phi) is 3.84. The average Bonchev–Trinajstić information content (AvgIpc) is 2.66. The first kappa shape index (κ1) is 11.5. The zero-order chi connectivity index (χ0) is 11.4. The Bertz CT molecular complexity index is 320. The second kappa shape index (κ2) is 5.36. The van der Waals surface area contributed by atoms with E-state index in [0.717, 1.165) is 31.9 Å². The van der Waals surface area contributed by atoms with Gasteiger partial charge in [0.25, 0.3) is 6.43 Å². The van der Waals surface area contributed by atoms with E-state index in [0.29, 0.717) is 6.54 Å².